The van der Waals surface area contributed by atoms with Gasteiger partial charge >= 0.3 is 6.03 Å². The fourth-order valence-electron chi connectivity index (χ4n) is 3.91. The second-order valence-corrected chi connectivity index (χ2v) is 7.35. The Morgan fingerprint density at radius 3 is 2.41 bits per heavy atom. The molecule has 29 heavy (non-hydrogen) atoms. The molecule has 0 unspecified atom stereocenters. The van der Waals surface area contributed by atoms with Gasteiger partial charge in [-0.3, -0.25) is 9.80 Å². The minimum Gasteiger partial charge on any atom is -0.460 e. The van der Waals surface area contributed by atoms with Crippen LogP contribution in [-0.4, -0.2) is 62.2 Å². The van der Waals surface area contributed by atoms with Crippen molar-refractivity contribution < 1.29 is 9.21 Å². The molecule has 2 saturated heterocycles. The van der Waals surface area contributed by atoms with Crippen LogP contribution >= 0.6 is 12.4 Å². The summed E-state index contributed by atoms with van der Waals surface area (Å²) in [4.78, 5) is 26.1. The lowest BCUT2D eigenvalue weighted by Gasteiger charge is -2.33. The van der Waals surface area contributed by atoms with E-state index in [9.17, 15) is 4.79 Å². The zero-order valence-electron chi connectivity index (χ0n) is 16.3. The van der Waals surface area contributed by atoms with Crippen molar-refractivity contribution in [3.63, 3.8) is 0 Å². The summed E-state index contributed by atoms with van der Waals surface area (Å²) in [7, 11) is 2.13. The molecule has 0 bridgehead atoms. The number of nitrogens with zero attached hydrogens (tertiary/aromatic N) is 5. The summed E-state index contributed by atoms with van der Waals surface area (Å²) in [5.74, 6) is 1.52. The molecule has 0 spiro atoms. The number of furan rings is 1. The number of halogens is 1. The molecule has 2 amide bonds. The van der Waals surface area contributed by atoms with Gasteiger partial charge in [-0.1, -0.05) is 18.2 Å². The van der Waals surface area contributed by atoms with Crippen LogP contribution in [0.15, 0.2) is 53.1 Å². The minimum atomic E-state index is -0.0362. The summed E-state index contributed by atoms with van der Waals surface area (Å²) in [6, 6.07) is 13.6. The summed E-state index contributed by atoms with van der Waals surface area (Å²) >= 11 is 0. The monoisotopic (exact) mass is 413 g/mol. The van der Waals surface area contributed by atoms with E-state index in [2.05, 4.69) is 16.8 Å². The van der Waals surface area contributed by atoms with E-state index in [1.54, 1.807) is 16.1 Å². The molecule has 0 N–H and O–H groups in total. The van der Waals surface area contributed by atoms with Gasteiger partial charge in [0, 0.05) is 50.3 Å². The van der Waals surface area contributed by atoms with Crippen LogP contribution < -0.4 is 14.7 Å². The van der Waals surface area contributed by atoms with Gasteiger partial charge in [0.15, 0.2) is 11.4 Å². The molecule has 1 aromatic carbocycles. The van der Waals surface area contributed by atoms with Crippen molar-refractivity contribution in [3.05, 3.63) is 48.7 Å². The van der Waals surface area contributed by atoms with Crippen molar-refractivity contribution in [1.82, 2.24) is 9.88 Å². The highest BCUT2D eigenvalue weighted by Crippen LogP contribution is 2.32. The van der Waals surface area contributed by atoms with E-state index in [1.165, 1.54) is 0 Å². The molecule has 2 aromatic heterocycles. The predicted molar refractivity (Wildman–Crippen MR) is 117 cm³/mol. The van der Waals surface area contributed by atoms with E-state index in [0.29, 0.717) is 18.9 Å². The van der Waals surface area contributed by atoms with Crippen molar-refractivity contribution >= 4 is 46.7 Å². The van der Waals surface area contributed by atoms with Gasteiger partial charge in [-0.05, 0) is 31.3 Å². The maximum atomic E-state index is 13.1. The summed E-state index contributed by atoms with van der Waals surface area (Å²) in [5.41, 5.74) is 1.71. The van der Waals surface area contributed by atoms with Crippen LogP contribution in [0.2, 0.25) is 0 Å². The number of aromatic nitrogens is 1. The second-order valence-electron chi connectivity index (χ2n) is 7.35. The highest BCUT2D eigenvalue weighted by atomic mass is 35.5. The number of hydrogen-bond acceptors (Lipinski definition) is 5. The molecule has 5 rings (SSSR count). The lowest BCUT2D eigenvalue weighted by Crippen LogP contribution is -2.45. The molecular weight excluding hydrogens is 390 g/mol. The number of urea groups is 1. The van der Waals surface area contributed by atoms with Gasteiger partial charge in [0.2, 0.25) is 0 Å². The van der Waals surface area contributed by atoms with Crippen molar-refractivity contribution in [2.24, 2.45) is 0 Å². The van der Waals surface area contributed by atoms with Crippen LogP contribution in [0.25, 0.3) is 11.0 Å². The lowest BCUT2D eigenvalue weighted by molar-refractivity contribution is 0.255. The van der Waals surface area contributed by atoms with Gasteiger partial charge in [0.25, 0.3) is 0 Å². The predicted octanol–water partition coefficient (Wildman–Crippen LogP) is 3.45. The number of anilines is 3. The number of pyridine rings is 1. The number of carbonyl (C=O) groups is 1. The highest BCUT2D eigenvalue weighted by Gasteiger charge is 2.32. The summed E-state index contributed by atoms with van der Waals surface area (Å²) < 4.78 is 5.73. The molecule has 7 nitrogen and oxygen atoms in total. The van der Waals surface area contributed by atoms with E-state index in [1.807, 2.05) is 42.5 Å². The number of amides is 2. The molecule has 8 heteroatoms. The Hall–Kier alpha value is -2.77. The van der Waals surface area contributed by atoms with E-state index in [4.69, 9.17) is 9.40 Å². The first-order valence-electron chi connectivity index (χ1n) is 9.66. The number of likely N-dealkylation sites (N-methyl/N-ethyl adjacent to an activating group) is 1. The molecule has 152 valence electrons. The molecule has 2 fully saturated rings. The van der Waals surface area contributed by atoms with Gasteiger partial charge < -0.3 is 14.2 Å². The Labute approximate surface area is 175 Å². The largest absolute Gasteiger partial charge is 0.460 e. The number of para-hydroxylation sites is 1. The molecule has 4 heterocycles. The highest BCUT2D eigenvalue weighted by molar-refractivity contribution is 6.06. The second kappa shape index (κ2) is 7.93. The third-order valence-corrected chi connectivity index (χ3v) is 5.56. The Bertz CT molecular complexity index is 1000. The molecule has 2 aliphatic rings. The normalized spacial score (nSPS) is 17.8. The van der Waals surface area contributed by atoms with Crippen molar-refractivity contribution in [2.45, 2.75) is 0 Å². The zero-order chi connectivity index (χ0) is 19.1. The Kier molecular flexibility index (Phi) is 5.34. The quantitative estimate of drug-likeness (QED) is 0.658. The van der Waals surface area contributed by atoms with Crippen molar-refractivity contribution in [2.75, 3.05) is 61.0 Å². The SMILES string of the molecule is CN1CCN(c2nc(N3CCN(c4ccccc4)C3=O)cc3ccoc23)CC1.Cl. The van der Waals surface area contributed by atoms with Gasteiger partial charge in [0.1, 0.15) is 5.82 Å². The number of carbonyl (C=O) groups excluding carboxylic acids is 1. The van der Waals surface area contributed by atoms with Gasteiger partial charge in [-0.15, -0.1) is 12.4 Å². The van der Waals surface area contributed by atoms with Crippen molar-refractivity contribution in [1.29, 1.82) is 0 Å². The van der Waals surface area contributed by atoms with Gasteiger partial charge in [-0.2, -0.15) is 0 Å². The number of rotatable bonds is 3. The summed E-state index contributed by atoms with van der Waals surface area (Å²) in [5, 5.41) is 0.977. The van der Waals surface area contributed by atoms with Crippen molar-refractivity contribution in [3.8, 4) is 0 Å². The fourth-order valence-corrected chi connectivity index (χ4v) is 3.91. The maximum Gasteiger partial charge on any atom is 0.330 e. The molecule has 0 radical (unpaired) electrons. The molecule has 3 aromatic rings. The average Bonchev–Trinajstić information content (AvgIpc) is 3.35. The van der Waals surface area contributed by atoms with Gasteiger partial charge in [0.05, 0.1) is 6.26 Å². The van der Waals surface area contributed by atoms with E-state index >= 15 is 0 Å². The van der Waals surface area contributed by atoms with E-state index < -0.39 is 0 Å². The maximum absolute atomic E-state index is 13.1. The minimum absolute atomic E-state index is 0. The standard InChI is InChI=1S/C21H23N5O2.ClH/c1-23-8-10-24(11-9-23)20-19-16(7-14-28-19)15-18(22-20)26-13-12-25(21(26)27)17-5-3-2-4-6-17;/h2-7,14-15H,8-13H2,1H3;1H. The van der Waals surface area contributed by atoms with E-state index in [-0.39, 0.29) is 18.4 Å². The van der Waals surface area contributed by atoms with Crippen LogP contribution in [0.4, 0.5) is 22.1 Å². The van der Waals surface area contributed by atoms with Crippen LogP contribution in [0, 0.1) is 0 Å². The third kappa shape index (κ3) is 3.52. The lowest BCUT2D eigenvalue weighted by atomic mass is 10.2. The third-order valence-electron chi connectivity index (χ3n) is 5.56. The molecule has 0 saturated carbocycles. The first-order chi connectivity index (χ1) is 13.7. The smallest absolute Gasteiger partial charge is 0.330 e. The first-order valence-corrected chi connectivity index (χ1v) is 9.66. The van der Waals surface area contributed by atoms with Gasteiger partial charge in [-0.25, -0.2) is 9.78 Å². The number of hydrogen-bond donors (Lipinski definition) is 0. The molecule has 0 atom stereocenters. The molecule has 2 aliphatic heterocycles. The van der Waals surface area contributed by atoms with Crippen LogP contribution in [0.3, 0.4) is 0 Å². The fraction of sp³-hybridized carbons (Fsp3) is 0.333. The molecule has 0 aliphatic carbocycles. The Morgan fingerprint density at radius 1 is 0.931 bits per heavy atom. The molecular formula is C21H24ClN5O2. The van der Waals surface area contributed by atoms with E-state index in [0.717, 1.165) is 48.7 Å². The topological polar surface area (TPSA) is 56.1 Å². The first kappa shape index (κ1) is 19.5. The number of benzene rings is 1. The number of piperazine rings is 1. The summed E-state index contributed by atoms with van der Waals surface area (Å²) in [6.07, 6.45) is 1.69. The van der Waals surface area contributed by atoms with Crippen LogP contribution in [0.1, 0.15) is 0 Å². The Morgan fingerprint density at radius 2 is 1.66 bits per heavy atom. The average molecular weight is 414 g/mol. The zero-order valence-corrected chi connectivity index (χ0v) is 17.1. The van der Waals surface area contributed by atoms with Crippen LogP contribution in [0.5, 0.6) is 0 Å². The Balaban J connectivity index is 0.00000205. The number of fused-ring (bicyclic) bond motifs is 1. The summed E-state index contributed by atoms with van der Waals surface area (Å²) in [6.45, 7) is 5.03. The van der Waals surface area contributed by atoms with Crippen LogP contribution in [-0.2, 0) is 0 Å².